The maximum Gasteiger partial charge on any atom is 0.207 e. The zero-order valence-corrected chi connectivity index (χ0v) is 12.3. The van der Waals surface area contributed by atoms with E-state index in [2.05, 4.69) is 4.74 Å². The molecule has 0 heterocycles. The van der Waals surface area contributed by atoms with Crippen molar-refractivity contribution in [2.75, 3.05) is 7.11 Å². The number of alkyl halides is 2. The molecule has 0 N–H and O–H groups in total. The largest absolute Gasteiger partial charge is 0.491 e. The molecule has 1 aliphatic rings. The number of allylic oxidation sites excluding steroid dienone is 4. The summed E-state index contributed by atoms with van der Waals surface area (Å²) in [6.07, 6.45) is -2.84. The molecule has 2 rings (SSSR count). The fraction of sp³-hybridized carbons (Fsp3) is 0.286. The van der Waals surface area contributed by atoms with Crippen LogP contribution in [-0.2, 0) is 0 Å². The average molecular weight is 356 g/mol. The van der Waals surface area contributed by atoms with E-state index in [0.29, 0.717) is 6.92 Å². The van der Waals surface area contributed by atoms with Crippen molar-refractivity contribution in [1.82, 2.24) is 0 Å². The predicted octanol–water partition coefficient (Wildman–Crippen LogP) is 3.43. The molecule has 0 fully saturated rings. The predicted molar refractivity (Wildman–Crippen MR) is 71.3 cm³/mol. The Morgan fingerprint density at radius 2 is 1.50 bits per heavy atom. The number of benzene rings is 1. The van der Waals surface area contributed by atoms with E-state index in [4.69, 9.17) is 0 Å². The molecule has 0 radical (unpaired) electrons. The average Bonchev–Trinajstić information content (AvgIpc) is 2.50. The van der Waals surface area contributed by atoms with Gasteiger partial charge in [-0.3, -0.25) is 0 Å². The first-order chi connectivity index (χ1) is 11.0. The number of methoxy groups -OCH3 is 1. The second kappa shape index (κ2) is 6.14. The molecule has 0 aliphatic heterocycles. The summed E-state index contributed by atoms with van der Waals surface area (Å²) in [6.45, 7) is 0.557. The molecule has 2 atom stereocenters. The summed E-state index contributed by atoms with van der Waals surface area (Å²) in [5, 5.41) is 0. The van der Waals surface area contributed by atoms with E-state index in [0.717, 1.165) is 7.11 Å². The van der Waals surface area contributed by atoms with E-state index in [1.807, 2.05) is 0 Å². The quantitative estimate of drug-likeness (QED) is 0.458. The summed E-state index contributed by atoms with van der Waals surface area (Å²) in [6, 6.07) is 0. The molecular formula is C14H9BF8O. The number of halogens is 8. The normalized spacial score (nSPS) is 24.1. The fourth-order valence-electron chi connectivity index (χ4n) is 2.26. The molecule has 0 saturated heterocycles. The Kier molecular flexibility index (Phi) is 4.69. The minimum absolute atomic E-state index is 0.0854. The molecule has 2 unspecified atom stereocenters. The van der Waals surface area contributed by atoms with Gasteiger partial charge < -0.3 is 4.74 Å². The van der Waals surface area contributed by atoms with Crippen molar-refractivity contribution < 1.29 is 39.9 Å². The van der Waals surface area contributed by atoms with E-state index in [-0.39, 0.29) is 6.08 Å². The van der Waals surface area contributed by atoms with Crippen LogP contribution in [0, 0.1) is 23.3 Å². The van der Waals surface area contributed by atoms with Crippen molar-refractivity contribution in [1.29, 1.82) is 0 Å². The SMILES string of the molecule is COc1c(F)c(F)c(BC2=C(F)C(F)C(C)(F)C=C2F)c(F)c1F. The Morgan fingerprint density at radius 1 is 1.00 bits per heavy atom. The second-order valence-electron chi connectivity index (χ2n) is 5.28. The molecule has 0 amide bonds. The Labute approximate surface area is 131 Å². The van der Waals surface area contributed by atoms with E-state index < -0.39 is 70.7 Å². The maximum absolute atomic E-state index is 13.8. The lowest BCUT2D eigenvalue weighted by Crippen LogP contribution is -2.37. The Morgan fingerprint density at radius 3 is 1.96 bits per heavy atom. The third kappa shape index (κ3) is 2.78. The smallest absolute Gasteiger partial charge is 0.207 e. The van der Waals surface area contributed by atoms with Gasteiger partial charge in [0.2, 0.25) is 18.9 Å². The van der Waals surface area contributed by atoms with Crippen molar-refractivity contribution in [2.45, 2.75) is 18.8 Å². The van der Waals surface area contributed by atoms with Gasteiger partial charge in [0.1, 0.15) is 11.7 Å². The molecule has 0 aromatic heterocycles. The van der Waals surface area contributed by atoms with Gasteiger partial charge in [-0.2, -0.15) is 8.78 Å². The Bertz CT molecular complexity index is 727. The first kappa shape index (κ1) is 18.3. The van der Waals surface area contributed by atoms with Crippen LogP contribution in [0.2, 0.25) is 0 Å². The van der Waals surface area contributed by atoms with E-state index in [1.165, 1.54) is 0 Å². The number of ether oxygens (including phenoxy) is 1. The molecule has 1 aromatic rings. The monoisotopic (exact) mass is 356 g/mol. The molecule has 1 aliphatic carbocycles. The lowest BCUT2D eigenvalue weighted by Gasteiger charge is -2.26. The Hall–Kier alpha value is -2.00. The molecule has 0 bridgehead atoms. The number of hydrogen-bond acceptors (Lipinski definition) is 1. The highest BCUT2D eigenvalue weighted by Gasteiger charge is 2.43. The van der Waals surface area contributed by atoms with Crippen molar-refractivity contribution >= 4 is 12.7 Å². The van der Waals surface area contributed by atoms with Gasteiger partial charge in [0.15, 0.2) is 29.2 Å². The van der Waals surface area contributed by atoms with Crippen LogP contribution in [0.5, 0.6) is 5.75 Å². The fourth-order valence-corrected chi connectivity index (χ4v) is 2.26. The van der Waals surface area contributed by atoms with Gasteiger partial charge in [-0.15, -0.1) is 0 Å². The van der Waals surface area contributed by atoms with Crippen LogP contribution >= 0.6 is 0 Å². The first-order valence-corrected chi connectivity index (χ1v) is 6.52. The van der Waals surface area contributed by atoms with Gasteiger partial charge in [-0.1, -0.05) is 0 Å². The van der Waals surface area contributed by atoms with E-state index in [9.17, 15) is 35.1 Å². The van der Waals surface area contributed by atoms with Crippen LogP contribution < -0.4 is 10.2 Å². The lowest BCUT2D eigenvalue weighted by molar-refractivity contribution is 0.114. The topological polar surface area (TPSA) is 9.23 Å². The van der Waals surface area contributed by atoms with Gasteiger partial charge in [-0.25, -0.2) is 26.3 Å². The van der Waals surface area contributed by atoms with Crippen molar-refractivity contribution in [2.24, 2.45) is 0 Å². The summed E-state index contributed by atoms with van der Waals surface area (Å²) >= 11 is 0. The molecule has 10 heteroatoms. The van der Waals surface area contributed by atoms with Crippen LogP contribution in [0.4, 0.5) is 35.1 Å². The van der Waals surface area contributed by atoms with E-state index in [1.54, 1.807) is 0 Å². The summed E-state index contributed by atoms with van der Waals surface area (Å²) in [5.41, 5.74) is -5.63. The van der Waals surface area contributed by atoms with Gasteiger partial charge in [0.25, 0.3) is 0 Å². The van der Waals surface area contributed by atoms with Gasteiger partial charge in [-0.05, 0) is 23.9 Å². The summed E-state index contributed by atoms with van der Waals surface area (Å²) in [4.78, 5) is 0. The zero-order chi connectivity index (χ0) is 18.4. The molecule has 1 aromatic carbocycles. The molecule has 0 saturated carbocycles. The summed E-state index contributed by atoms with van der Waals surface area (Å²) < 4.78 is 114. The van der Waals surface area contributed by atoms with E-state index >= 15 is 0 Å². The van der Waals surface area contributed by atoms with Gasteiger partial charge in [0.05, 0.1) is 7.11 Å². The van der Waals surface area contributed by atoms with Crippen molar-refractivity contribution in [3.8, 4) is 5.75 Å². The molecule has 130 valence electrons. The molecule has 24 heavy (non-hydrogen) atoms. The van der Waals surface area contributed by atoms with Gasteiger partial charge in [0, 0.05) is 0 Å². The van der Waals surface area contributed by atoms with Gasteiger partial charge >= 0.3 is 0 Å². The minimum Gasteiger partial charge on any atom is -0.491 e. The first-order valence-electron chi connectivity index (χ1n) is 6.52. The van der Waals surface area contributed by atoms with Crippen LogP contribution in [0.25, 0.3) is 0 Å². The highest BCUT2D eigenvalue weighted by molar-refractivity contribution is 6.62. The third-order valence-electron chi connectivity index (χ3n) is 3.58. The number of rotatable bonds is 3. The second-order valence-corrected chi connectivity index (χ2v) is 5.28. The van der Waals surface area contributed by atoms with Crippen LogP contribution in [-0.4, -0.2) is 26.2 Å². The van der Waals surface area contributed by atoms with Crippen LogP contribution in [0.1, 0.15) is 6.92 Å². The molecule has 0 spiro atoms. The molecule has 1 nitrogen and oxygen atoms in total. The number of hydrogen-bond donors (Lipinski definition) is 0. The Balaban J connectivity index is 2.57. The highest BCUT2D eigenvalue weighted by atomic mass is 19.2. The van der Waals surface area contributed by atoms with Crippen molar-refractivity contribution in [3.05, 3.63) is 46.5 Å². The molecular weight excluding hydrogens is 347 g/mol. The lowest BCUT2D eigenvalue weighted by atomic mass is 9.60. The zero-order valence-electron chi connectivity index (χ0n) is 12.3. The van der Waals surface area contributed by atoms with Crippen molar-refractivity contribution in [3.63, 3.8) is 0 Å². The summed E-state index contributed by atoms with van der Waals surface area (Å²) in [5.74, 6) is -12.7. The highest BCUT2D eigenvalue weighted by Crippen LogP contribution is 2.37. The third-order valence-corrected chi connectivity index (χ3v) is 3.58. The standard InChI is InChI=1S/C14H9BF8O/c1-14(23)3-4(16)5(9(19)13(14)22)15-6-7(17)10(20)12(24-2)11(21)8(6)18/h3,13,15H,1-2H3. The van der Waals surface area contributed by atoms with Crippen LogP contribution in [0.3, 0.4) is 0 Å². The maximum atomic E-state index is 13.8. The summed E-state index contributed by atoms with van der Waals surface area (Å²) in [7, 11) is -0.609. The van der Waals surface area contributed by atoms with Crippen LogP contribution in [0.15, 0.2) is 23.2 Å². The minimum atomic E-state index is -3.01.